The van der Waals surface area contributed by atoms with Crippen LogP contribution >= 0.6 is 11.5 Å². The lowest BCUT2D eigenvalue weighted by Crippen LogP contribution is -2.20. The summed E-state index contributed by atoms with van der Waals surface area (Å²) in [6.45, 7) is 3.84. The SMILES string of the molecule is CC(C)Oc1ccc(-c2nc(-c3cccc4c3CCC4NS(=O)O)ns2)cc1C#N. The van der Waals surface area contributed by atoms with Crippen molar-refractivity contribution in [2.75, 3.05) is 0 Å². The van der Waals surface area contributed by atoms with Crippen molar-refractivity contribution in [3.05, 3.63) is 53.1 Å². The van der Waals surface area contributed by atoms with Crippen LogP contribution in [0.5, 0.6) is 5.75 Å². The van der Waals surface area contributed by atoms with Crippen molar-refractivity contribution in [2.45, 2.75) is 38.8 Å². The fourth-order valence-electron chi connectivity index (χ4n) is 3.67. The van der Waals surface area contributed by atoms with Crippen molar-refractivity contribution in [3.8, 4) is 33.8 Å². The Labute approximate surface area is 181 Å². The zero-order chi connectivity index (χ0) is 21.3. The van der Waals surface area contributed by atoms with E-state index in [1.807, 2.05) is 38.1 Å². The van der Waals surface area contributed by atoms with Gasteiger partial charge in [0.15, 0.2) is 5.82 Å². The number of aromatic nitrogens is 2. The summed E-state index contributed by atoms with van der Waals surface area (Å²) < 4.78 is 33.2. The van der Waals surface area contributed by atoms with Gasteiger partial charge in [-0.05, 0) is 67.5 Å². The second-order valence-corrected chi connectivity index (χ2v) is 8.73. The molecule has 154 valence electrons. The molecule has 0 amide bonds. The van der Waals surface area contributed by atoms with Crippen LogP contribution in [-0.4, -0.2) is 24.2 Å². The van der Waals surface area contributed by atoms with Crippen LogP contribution < -0.4 is 9.46 Å². The van der Waals surface area contributed by atoms with Crippen molar-refractivity contribution < 1.29 is 13.5 Å². The van der Waals surface area contributed by atoms with Gasteiger partial charge in [0, 0.05) is 17.2 Å². The summed E-state index contributed by atoms with van der Waals surface area (Å²) in [6.07, 6.45) is 1.52. The largest absolute Gasteiger partial charge is 0.490 e. The first-order chi connectivity index (χ1) is 14.5. The third-order valence-electron chi connectivity index (χ3n) is 4.89. The Balaban J connectivity index is 1.66. The summed E-state index contributed by atoms with van der Waals surface area (Å²) in [6, 6.07) is 13.3. The van der Waals surface area contributed by atoms with Crippen molar-refractivity contribution >= 4 is 22.8 Å². The van der Waals surface area contributed by atoms with E-state index in [2.05, 4.69) is 15.2 Å². The molecule has 1 heterocycles. The van der Waals surface area contributed by atoms with Gasteiger partial charge >= 0.3 is 0 Å². The molecule has 0 aliphatic heterocycles. The Morgan fingerprint density at radius 2 is 2.20 bits per heavy atom. The lowest BCUT2D eigenvalue weighted by Gasteiger charge is -2.11. The first-order valence-corrected chi connectivity index (χ1v) is 11.4. The molecule has 2 atom stereocenters. The average Bonchev–Trinajstić information content (AvgIpc) is 3.35. The number of nitrogens with one attached hydrogen (secondary N) is 1. The monoisotopic (exact) mass is 440 g/mol. The molecule has 2 aromatic carbocycles. The maximum Gasteiger partial charge on any atom is 0.232 e. The van der Waals surface area contributed by atoms with E-state index in [1.165, 1.54) is 11.5 Å². The number of hydrogen-bond donors (Lipinski definition) is 2. The molecular weight excluding hydrogens is 420 g/mol. The molecule has 1 aromatic heterocycles. The Morgan fingerprint density at radius 1 is 1.37 bits per heavy atom. The molecule has 0 radical (unpaired) electrons. The van der Waals surface area contributed by atoms with Gasteiger partial charge in [-0.1, -0.05) is 18.2 Å². The fourth-order valence-corrected chi connectivity index (χ4v) is 4.83. The van der Waals surface area contributed by atoms with Crippen molar-refractivity contribution in [1.82, 2.24) is 14.1 Å². The van der Waals surface area contributed by atoms with Crippen molar-refractivity contribution in [2.24, 2.45) is 0 Å². The van der Waals surface area contributed by atoms with Crippen LogP contribution in [0.3, 0.4) is 0 Å². The first kappa shape index (κ1) is 20.6. The van der Waals surface area contributed by atoms with Gasteiger partial charge in [-0.3, -0.25) is 4.55 Å². The zero-order valence-electron chi connectivity index (χ0n) is 16.5. The number of hydrogen-bond acceptors (Lipinski definition) is 6. The van der Waals surface area contributed by atoms with Crippen LogP contribution in [0.2, 0.25) is 0 Å². The molecule has 2 N–H and O–H groups in total. The molecule has 9 heteroatoms. The summed E-state index contributed by atoms with van der Waals surface area (Å²) in [4.78, 5) is 4.71. The maximum atomic E-state index is 11.2. The Bertz CT molecular complexity index is 1150. The van der Waals surface area contributed by atoms with E-state index in [9.17, 15) is 14.0 Å². The number of fused-ring (bicyclic) bond motifs is 1. The quantitative estimate of drug-likeness (QED) is 0.555. The molecule has 7 nitrogen and oxygen atoms in total. The smallest absolute Gasteiger partial charge is 0.232 e. The third kappa shape index (κ3) is 4.13. The normalized spacial score (nSPS) is 16.3. The lowest BCUT2D eigenvalue weighted by molar-refractivity contribution is 0.242. The van der Waals surface area contributed by atoms with Gasteiger partial charge in [0.25, 0.3) is 0 Å². The highest BCUT2D eigenvalue weighted by Gasteiger charge is 2.27. The van der Waals surface area contributed by atoms with E-state index in [4.69, 9.17) is 9.72 Å². The van der Waals surface area contributed by atoms with E-state index in [0.29, 0.717) is 17.1 Å². The minimum absolute atomic E-state index is 0.0159. The molecule has 0 bridgehead atoms. The molecule has 4 rings (SSSR count). The predicted molar refractivity (Wildman–Crippen MR) is 116 cm³/mol. The number of nitrogens with zero attached hydrogens (tertiary/aromatic N) is 3. The molecule has 1 aliphatic rings. The summed E-state index contributed by atoms with van der Waals surface area (Å²) >= 11 is -0.782. The van der Waals surface area contributed by atoms with E-state index in [0.717, 1.165) is 40.1 Å². The number of rotatable bonds is 6. The van der Waals surface area contributed by atoms with Crippen LogP contribution in [-0.2, 0) is 17.7 Å². The minimum Gasteiger partial charge on any atom is -0.490 e. The second-order valence-electron chi connectivity index (χ2n) is 7.24. The van der Waals surface area contributed by atoms with Gasteiger partial charge < -0.3 is 4.74 Å². The second kappa shape index (κ2) is 8.62. The fraction of sp³-hybridized carbons (Fsp3) is 0.286. The highest BCUT2D eigenvalue weighted by atomic mass is 32.2. The van der Waals surface area contributed by atoms with Gasteiger partial charge in [-0.15, -0.1) is 0 Å². The van der Waals surface area contributed by atoms with Gasteiger partial charge in [-0.25, -0.2) is 13.9 Å². The zero-order valence-corrected chi connectivity index (χ0v) is 18.1. The molecule has 2 unspecified atom stereocenters. The van der Waals surface area contributed by atoms with Crippen LogP contribution in [0.15, 0.2) is 36.4 Å². The summed E-state index contributed by atoms with van der Waals surface area (Å²) in [7, 11) is 0. The number of benzene rings is 2. The Morgan fingerprint density at radius 3 is 2.93 bits per heavy atom. The topological polar surface area (TPSA) is 108 Å². The number of ether oxygens (including phenoxy) is 1. The molecule has 0 fully saturated rings. The summed E-state index contributed by atoms with van der Waals surface area (Å²) in [5, 5.41) is 10.2. The van der Waals surface area contributed by atoms with Gasteiger partial charge in [0.1, 0.15) is 16.8 Å². The number of nitriles is 1. The van der Waals surface area contributed by atoms with Gasteiger partial charge in [-0.2, -0.15) is 9.64 Å². The standard InChI is InChI=1S/C21H20N4O3S2/c1-12(2)28-19-9-6-13(10-14(19)11-22)21-23-20(24-29-21)17-5-3-4-16-15(17)7-8-18(16)25-30(26)27/h3-6,9-10,12,18,25H,7-8H2,1-2H3,(H,26,27). The highest BCUT2D eigenvalue weighted by molar-refractivity contribution is 7.77. The molecular formula is C21H20N4O3S2. The van der Waals surface area contributed by atoms with Gasteiger partial charge in [0.2, 0.25) is 11.3 Å². The van der Waals surface area contributed by atoms with Crippen LogP contribution in [0.1, 0.15) is 43.0 Å². The molecule has 0 saturated carbocycles. The van der Waals surface area contributed by atoms with E-state index in [-0.39, 0.29) is 12.1 Å². The van der Waals surface area contributed by atoms with Gasteiger partial charge in [0.05, 0.1) is 11.7 Å². The first-order valence-electron chi connectivity index (χ1n) is 9.50. The third-order valence-corrected chi connectivity index (χ3v) is 6.14. The lowest BCUT2D eigenvalue weighted by atomic mass is 10.0. The molecule has 0 spiro atoms. The predicted octanol–water partition coefficient (Wildman–Crippen LogP) is 4.24. The minimum atomic E-state index is -2.06. The molecule has 1 aliphatic carbocycles. The summed E-state index contributed by atoms with van der Waals surface area (Å²) in [5.74, 6) is 1.18. The Hall–Kier alpha value is -2.64. The van der Waals surface area contributed by atoms with Crippen LogP contribution in [0, 0.1) is 11.3 Å². The maximum absolute atomic E-state index is 11.2. The van der Waals surface area contributed by atoms with E-state index < -0.39 is 11.3 Å². The van der Waals surface area contributed by atoms with Crippen molar-refractivity contribution in [1.29, 1.82) is 5.26 Å². The van der Waals surface area contributed by atoms with Crippen LogP contribution in [0.25, 0.3) is 22.0 Å². The Kier molecular flexibility index (Phi) is 5.92. The molecule has 30 heavy (non-hydrogen) atoms. The highest BCUT2D eigenvalue weighted by Crippen LogP contribution is 2.38. The van der Waals surface area contributed by atoms with Crippen LogP contribution in [0.4, 0.5) is 0 Å². The molecule has 0 saturated heterocycles. The van der Waals surface area contributed by atoms with E-state index in [1.54, 1.807) is 12.1 Å². The molecule has 3 aromatic rings. The summed E-state index contributed by atoms with van der Waals surface area (Å²) in [5.41, 5.74) is 4.32. The average molecular weight is 441 g/mol. The van der Waals surface area contributed by atoms with Crippen molar-refractivity contribution in [3.63, 3.8) is 0 Å². The van der Waals surface area contributed by atoms with E-state index >= 15 is 0 Å².